The lowest BCUT2D eigenvalue weighted by Crippen LogP contribution is -2.72. The van der Waals surface area contributed by atoms with Crippen molar-refractivity contribution in [2.24, 2.45) is 63.6 Å². The highest BCUT2D eigenvalue weighted by molar-refractivity contribution is 5.88. The number of ether oxygens (including phenoxy) is 5. The van der Waals surface area contributed by atoms with Crippen LogP contribution in [0.15, 0.2) is 12.3 Å². The number of epoxide rings is 2. The van der Waals surface area contributed by atoms with Crippen LogP contribution in [0.1, 0.15) is 61.8 Å². The minimum absolute atomic E-state index is 0.170. The van der Waals surface area contributed by atoms with Crippen molar-refractivity contribution in [3.63, 3.8) is 0 Å². The first-order valence-corrected chi connectivity index (χ1v) is 16.5. The van der Waals surface area contributed by atoms with Crippen LogP contribution in [0.3, 0.4) is 0 Å². The molecule has 0 aromatic heterocycles. The molecule has 1 spiro atoms. The van der Waals surface area contributed by atoms with E-state index in [0.29, 0.717) is 6.42 Å². The number of esters is 2. The van der Waals surface area contributed by atoms with Crippen molar-refractivity contribution in [3.05, 3.63) is 12.3 Å². The summed E-state index contributed by atoms with van der Waals surface area (Å²) in [5.41, 5.74) is -4.62. The molecule has 0 bridgehead atoms. The SMILES string of the molecule is C=C1O[C@]23O[C@H]2[C@@H](C)[C@H]2[C@@H]([C@H](O)[C@H]4C5C(O)C(=O)[C@H]6C[C@@H]7O[C@@H]7[C@H](OC(C)=O)[C@]6(C)C5C(C)[C@H](OC(C)=O)[C@]24C)[C@@]3(C)[C@]1(C)O. The molecule has 8 aliphatic rings. The molecule has 3 N–H and O–H groups in total. The second kappa shape index (κ2) is 8.50. The van der Waals surface area contributed by atoms with Crippen LogP contribution in [0.25, 0.3) is 0 Å². The van der Waals surface area contributed by atoms with Gasteiger partial charge < -0.3 is 39.0 Å². The molecule has 0 aromatic carbocycles. The predicted octanol–water partition coefficient (Wildman–Crippen LogP) is 1.74. The normalized spacial score (nSPS) is 63.0. The summed E-state index contributed by atoms with van der Waals surface area (Å²) < 4.78 is 30.8. The van der Waals surface area contributed by atoms with E-state index in [1.54, 1.807) is 6.92 Å². The third kappa shape index (κ3) is 3.06. The average molecular weight is 631 g/mol. The molecule has 3 aliphatic heterocycles. The van der Waals surface area contributed by atoms with E-state index in [9.17, 15) is 29.7 Å². The van der Waals surface area contributed by atoms with E-state index in [4.69, 9.17) is 23.7 Å². The number of aliphatic hydroxyl groups is 3. The lowest BCUT2D eigenvalue weighted by Gasteiger charge is -2.65. The molecular formula is C34H46O11. The second-order valence-electron chi connectivity index (χ2n) is 16.5. The van der Waals surface area contributed by atoms with Gasteiger partial charge in [0.2, 0.25) is 5.79 Å². The van der Waals surface area contributed by atoms with Crippen molar-refractivity contribution in [3.8, 4) is 0 Å². The van der Waals surface area contributed by atoms with E-state index in [1.807, 2.05) is 34.6 Å². The Balaban J connectivity index is 1.34. The molecule has 0 radical (unpaired) electrons. The van der Waals surface area contributed by atoms with Gasteiger partial charge in [0.1, 0.15) is 41.9 Å². The molecule has 11 heteroatoms. The summed E-state index contributed by atoms with van der Waals surface area (Å²) >= 11 is 0. The van der Waals surface area contributed by atoms with E-state index < -0.39 is 106 Å². The molecule has 5 saturated carbocycles. The fourth-order valence-electron chi connectivity index (χ4n) is 13.3. The van der Waals surface area contributed by atoms with E-state index in [-0.39, 0.29) is 35.6 Å². The largest absolute Gasteiger partial charge is 0.462 e. The van der Waals surface area contributed by atoms with Gasteiger partial charge in [-0.1, -0.05) is 34.3 Å². The highest BCUT2D eigenvalue weighted by Crippen LogP contribution is 2.81. The van der Waals surface area contributed by atoms with Crippen molar-refractivity contribution in [1.29, 1.82) is 0 Å². The van der Waals surface area contributed by atoms with Crippen molar-refractivity contribution in [2.75, 3.05) is 0 Å². The Morgan fingerprint density at radius 1 is 0.911 bits per heavy atom. The summed E-state index contributed by atoms with van der Waals surface area (Å²) in [6.45, 7) is 18.3. The van der Waals surface area contributed by atoms with Gasteiger partial charge in [-0.25, -0.2) is 0 Å². The number of ketones is 1. The maximum atomic E-state index is 14.3. The molecule has 8 rings (SSSR count). The smallest absolute Gasteiger partial charge is 0.303 e. The molecule has 3 heterocycles. The molecule has 248 valence electrons. The van der Waals surface area contributed by atoms with Gasteiger partial charge in [0, 0.05) is 48.3 Å². The minimum Gasteiger partial charge on any atom is -0.462 e. The quantitative estimate of drug-likeness (QED) is 0.301. The first-order chi connectivity index (χ1) is 20.8. The molecule has 0 amide bonds. The Labute approximate surface area is 262 Å². The molecule has 3 saturated heterocycles. The van der Waals surface area contributed by atoms with Crippen molar-refractivity contribution >= 4 is 17.7 Å². The van der Waals surface area contributed by atoms with Gasteiger partial charge in [0.25, 0.3) is 0 Å². The molecule has 0 aromatic rings. The van der Waals surface area contributed by atoms with Crippen molar-refractivity contribution < 1.29 is 53.4 Å². The van der Waals surface area contributed by atoms with Crippen LogP contribution < -0.4 is 0 Å². The van der Waals surface area contributed by atoms with E-state index in [1.165, 1.54) is 13.8 Å². The molecule has 8 fully saturated rings. The number of hydrogen-bond donors (Lipinski definition) is 3. The van der Waals surface area contributed by atoms with Crippen LogP contribution in [0, 0.1) is 63.6 Å². The summed E-state index contributed by atoms with van der Waals surface area (Å²) in [5, 5.41) is 36.9. The van der Waals surface area contributed by atoms with E-state index >= 15 is 0 Å². The van der Waals surface area contributed by atoms with Gasteiger partial charge >= 0.3 is 11.9 Å². The highest BCUT2D eigenvalue weighted by Gasteiger charge is 2.91. The lowest BCUT2D eigenvalue weighted by atomic mass is 9.39. The van der Waals surface area contributed by atoms with Crippen molar-refractivity contribution in [1.82, 2.24) is 0 Å². The van der Waals surface area contributed by atoms with Crippen LogP contribution in [-0.2, 0) is 38.1 Å². The zero-order chi connectivity index (χ0) is 32.7. The number of hydrogen-bond acceptors (Lipinski definition) is 11. The fourth-order valence-corrected chi connectivity index (χ4v) is 13.3. The van der Waals surface area contributed by atoms with Gasteiger partial charge in [0.15, 0.2) is 5.78 Å². The first-order valence-electron chi connectivity index (χ1n) is 16.5. The molecule has 11 nitrogen and oxygen atoms in total. The van der Waals surface area contributed by atoms with Gasteiger partial charge in [0.05, 0.1) is 17.6 Å². The number of fused-ring (bicyclic) bond motifs is 9. The van der Waals surface area contributed by atoms with E-state index in [2.05, 4.69) is 6.58 Å². The lowest BCUT2D eigenvalue weighted by molar-refractivity contribution is -0.252. The van der Waals surface area contributed by atoms with Crippen LogP contribution in [0.4, 0.5) is 0 Å². The third-order valence-corrected chi connectivity index (χ3v) is 15.0. The Morgan fingerprint density at radius 2 is 1.53 bits per heavy atom. The number of aliphatic hydroxyl groups excluding tert-OH is 2. The average Bonchev–Trinajstić information content (AvgIpc) is 3.84. The summed E-state index contributed by atoms with van der Waals surface area (Å²) in [5.74, 6) is -6.49. The maximum absolute atomic E-state index is 14.3. The zero-order valence-electron chi connectivity index (χ0n) is 27.2. The molecule has 45 heavy (non-hydrogen) atoms. The Morgan fingerprint density at radius 3 is 2.16 bits per heavy atom. The fraction of sp³-hybridized carbons (Fsp3) is 0.853. The minimum atomic E-state index is -1.57. The maximum Gasteiger partial charge on any atom is 0.303 e. The standard InChI is InChI=1S/C34H46O11/c1-11-19-18(24(38)23(37)16-10-17-26(43-17)29(30(16,19)6)42-15(5)36)21-25(39)22-20(31(21,7)27(11)41-14(4)35)12(2)28-34(45-28)32(22,8)33(9,40)13(3)44-34/h11-12,16-22,24-29,38-40H,3,10H2,1-2,4-9H3/t11?,12-,16+,17-,18?,19?,20-,21+,22-,24?,25+,26-,27-,28-,29-,30-,31+,32-,33+,34-/m0/s1. The van der Waals surface area contributed by atoms with Gasteiger partial charge in [-0.05, 0) is 43.9 Å². The predicted molar refractivity (Wildman–Crippen MR) is 153 cm³/mol. The van der Waals surface area contributed by atoms with Crippen LogP contribution in [0.2, 0.25) is 0 Å². The second-order valence-corrected chi connectivity index (χ2v) is 16.5. The monoisotopic (exact) mass is 630 g/mol. The van der Waals surface area contributed by atoms with Crippen LogP contribution >= 0.6 is 0 Å². The van der Waals surface area contributed by atoms with Crippen LogP contribution in [0.5, 0.6) is 0 Å². The van der Waals surface area contributed by atoms with Gasteiger partial charge in [-0.2, -0.15) is 0 Å². The topological polar surface area (TPSA) is 165 Å². The highest BCUT2D eigenvalue weighted by atomic mass is 16.8. The summed E-state index contributed by atoms with van der Waals surface area (Å²) in [6.07, 6.45) is -4.64. The van der Waals surface area contributed by atoms with E-state index in [0.717, 1.165) is 0 Å². The molecule has 4 unspecified atom stereocenters. The summed E-state index contributed by atoms with van der Waals surface area (Å²) in [4.78, 5) is 39.7. The van der Waals surface area contributed by atoms with Crippen molar-refractivity contribution in [2.45, 2.75) is 116 Å². The van der Waals surface area contributed by atoms with Crippen LogP contribution in [-0.4, -0.2) is 87.2 Å². The van der Waals surface area contributed by atoms with Gasteiger partial charge in [-0.3, -0.25) is 14.4 Å². The number of carbonyl (C=O) groups excluding carboxylic acids is 3. The summed E-state index contributed by atoms with van der Waals surface area (Å²) in [7, 11) is 0. The number of carbonyl (C=O) groups is 3. The summed E-state index contributed by atoms with van der Waals surface area (Å²) in [6, 6.07) is 0. The zero-order valence-corrected chi connectivity index (χ0v) is 27.2. The third-order valence-electron chi connectivity index (χ3n) is 15.0. The Kier molecular flexibility index (Phi) is 5.73. The molecule has 5 aliphatic carbocycles. The Hall–Kier alpha value is -2.05. The Bertz CT molecular complexity index is 1430. The van der Waals surface area contributed by atoms with Gasteiger partial charge in [-0.15, -0.1) is 0 Å². The number of rotatable bonds is 2. The first kappa shape index (κ1) is 30.3. The molecular weight excluding hydrogens is 584 g/mol. The molecule has 20 atom stereocenters. The number of Topliss-reactive ketones (excluding diaryl/α,β-unsaturated/α-hetero) is 1.